The number of aliphatic imine (C=N–C) groups is 3. The number of thiazole rings is 1. The molecular weight excluding hydrogens is 372 g/mol. The lowest BCUT2D eigenvalue weighted by molar-refractivity contribution is -0.0688. The Hall–Kier alpha value is -1.76. The SMILES string of the molecule is CC(Cc1nccs1)C1(N)N=CN=C2C1=NCN2[C@@H]1O[C@H](CO)[C@@H](O)[C@H]1O. The van der Waals surface area contributed by atoms with E-state index in [9.17, 15) is 15.3 Å². The van der Waals surface area contributed by atoms with E-state index in [-0.39, 0.29) is 12.6 Å². The normalized spacial score (nSPS) is 36.6. The summed E-state index contributed by atoms with van der Waals surface area (Å²) in [7, 11) is 0. The van der Waals surface area contributed by atoms with Crippen LogP contribution < -0.4 is 5.73 Å². The Morgan fingerprint density at radius 1 is 1.44 bits per heavy atom. The minimum atomic E-state index is -1.20. The van der Waals surface area contributed by atoms with Crippen LogP contribution in [0.15, 0.2) is 26.6 Å². The summed E-state index contributed by atoms with van der Waals surface area (Å²) in [5.74, 6) is 0.377. The van der Waals surface area contributed by atoms with Crippen molar-refractivity contribution in [3.63, 3.8) is 0 Å². The summed E-state index contributed by atoms with van der Waals surface area (Å²) in [6, 6.07) is 0. The second kappa shape index (κ2) is 7.00. The highest BCUT2D eigenvalue weighted by Gasteiger charge is 2.51. The van der Waals surface area contributed by atoms with E-state index in [2.05, 4.69) is 20.0 Å². The van der Waals surface area contributed by atoms with E-state index >= 15 is 0 Å². The van der Waals surface area contributed by atoms with Crippen LogP contribution in [0.4, 0.5) is 0 Å². The van der Waals surface area contributed by atoms with E-state index in [4.69, 9.17) is 10.5 Å². The number of amidine groups is 1. The number of aliphatic hydroxyl groups excluding tert-OH is 3. The Balaban J connectivity index is 1.55. The molecule has 11 heteroatoms. The van der Waals surface area contributed by atoms with Crippen LogP contribution in [0.25, 0.3) is 0 Å². The summed E-state index contributed by atoms with van der Waals surface area (Å²) in [6.07, 6.45) is -0.325. The molecule has 0 amide bonds. The van der Waals surface area contributed by atoms with Gasteiger partial charge in [0, 0.05) is 23.9 Å². The molecule has 5 N–H and O–H groups in total. The van der Waals surface area contributed by atoms with Gasteiger partial charge in [-0.15, -0.1) is 11.3 Å². The third-order valence-electron chi connectivity index (χ3n) is 5.24. The van der Waals surface area contributed by atoms with Crippen molar-refractivity contribution >= 4 is 29.2 Å². The number of ether oxygens (including phenoxy) is 1. The molecule has 1 aromatic rings. The Kier molecular flexibility index (Phi) is 4.82. The fourth-order valence-corrected chi connectivity index (χ4v) is 4.32. The van der Waals surface area contributed by atoms with E-state index in [1.165, 1.54) is 6.34 Å². The molecule has 3 aliphatic heterocycles. The zero-order chi connectivity index (χ0) is 19.2. The highest BCUT2D eigenvalue weighted by atomic mass is 32.1. The number of fused-ring (bicyclic) bond motifs is 1. The molecule has 4 rings (SSSR count). The minimum absolute atomic E-state index is 0.0886. The summed E-state index contributed by atoms with van der Waals surface area (Å²) in [4.78, 5) is 19.2. The Morgan fingerprint density at radius 3 is 2.93 bits per heavy atom. The van der Waals surface area contributed by atoms with E-state index in [0.717, 1.165) is 5.01 Å². The molecular formula is C16H22N6O4S. The standard InChI is InChI=1S/C16H22N6O4S/c1-8(4-10-18-2-3-27-10)16(17)13-14(19-6-21-16)22(7-20-13)15-12(25)11(24)9(5-23)26-15/h2-3,6,8-9,11-12,15,23-25H,4-5,7,17H2,1H3/t8?,9-,11-,12-,15-,16?/m1/s1. The second-order valence-electron chi connectivity index (χ2n) is 6.90. The van der Waals surface area contributed by atoms with Crippen molar-refractivity contribution in [2.45, 2.75) is 43.5 Å². The molecule has 6 atom stereocenters. The highest BCUT2D eigenvalue weighted by molar-refractivity contribution is 7.09. The molecule has 2 unspecified atom stereocenters. The maximum atomic E-state index is 10.3. The molecule has 0 bridgehead atoms. The van der Waals surface area contributed by atoms with Crippen LogP contribution in [0.3, 0.4) is 0 Å². The molecule has 0 aliphatic carbocycles. The number of aliphatic hydroxyl groups is 3. The number of rotatable bonds is 5. The molecule has 0 radical (unpaired) electrons. The molecule has 1 saturated heterocycles. The zero-order valence-electron chi connectivity index (χ0n) is 14.7. The molecule has 0 spiro atoms. The van der Waals surface area contributed by atoms with Gasteiger partial charge in [0.25, 0.3) is 0 Å². The third-order valence-corrected chi connectivity index (χ3v) is 6.04. The third kappa shape index (κ3) is 3.00. The lowest BCUT2D eigenvalue weighted by Gasteiger charge is -2.35. The monoisotopic (exact) mass is 394 g/mol. The first-order valence-electron chi connectivity index (χ1n) is 8.69. The topological polar surface area (TPSA) is 149 Å². The van der Waals surface area contributed by atoms with Crippen LogP contribution in [0.5, 0.6) is 0 Å². The van der Waals surface area contributed by atoms with Crippen molar-refractivity contribution in [1.82, 2.24) is 9.88 Å². The van der Waals surface area contributed by atoms with E-state index in [1.54, 1.807) is 22.4 Å². The van der Waals surface area contributed by atoms with Gasteiger partial charge in [-0.2, -0.15) is 0 Å². The quantitative estimate of drug-likeness (QED) is 0.478. The Morgan fingerprint density at radius 2 is 2.26 bits per heavy atom. The van der Waals surface area contributed by atoms with Crippen LogP contribution in [-0.2, 0) is 11.2 Å². The van der Waals surface area contributed by atoms with Gasteiger partial charge in [-0.1, -0.05) is 6.92 Å². The number of hydrogen-bond acceptors (Lipinski definition) is 11. The Bertz CT molecular complexity index is 784. The summed E-state index contributed by atoms with van der Waals surface area (Å²) in [5.41, 5.74) is 6.08. The molecule has 1 fully saturated rings. The summed E-state index contributed by atoms with van der Waals surface area (Å²) in [5, 5.41) is 32.5. The predicted octanol–water partition coefficient (Wildman–Crippen LogP) is -1.43. The van der Waals surface area contributed by atoms with Crippen molar-refractivity contribution in [3.05, 3.63) is 16.6 Å². The molecule has 1 aromatic heterocycles. The second-order valence-corrected chi connectivity index (χ2v) is 7.88. The first kappa shape index (κ1) is 18.6. The summed E-state index contributed by atoms with van der Waals surface area (Å²) in [6.45, 7) is 1.77. The molecule has 3 aliphatic rings. The van der Waals surface area contributed by atoms with Crippen molar-refractivity contribution < 1.29 is 20.1 Å². The van der Waals surface area contributed by atoms with Crippen LogP contribution in [0, 0.1) is 5.92 Å². The lowest BCUT2D eigenvalue weighted by atomic mass is 9.87. The lowest BCUT2D eigenvalue weighted by Crippen LogP contribution is -2.59. The highest BCUT2D eigenvalue weighted by Crippen LogP contribution is 2.32. The van der Waals surface area contributed by atoms with Gasteiger partial charge < -0.3 is 30.7 Å². The fourth-order valence-electron chi connectivity index (χ4n) is 3.57. The number of nitrogens with zero attached hydrogens (tertiary/aromatic N) is 5. The van der Waals surface area contributed by atoms with Gasteiger partial charge in [0.1, 0.15) is 37.0 Å². The molecule has 27 heavy (non-hydrogen) atoms. The van der Waals surface area contributed by atoms with E-state index in [1.807, 2.05) is 12.3 Å². The molecule has 0 aromatic carbocycles. The molecule has 0 saturated carbocycles. The van der Waals surface area contributed by atoms with E-state index in [0.29, 0.717) is 18.0 Å². The summed E-state index contributed by atoms with van der Waals surface area (Å²) < 4.78 is 5.61. The van der Waals surface area contributed by atoms with Crippen molar-refractivity contribution in [2.75, 3.05) is 13.3 Å². The molecule has 10 nitrogen and oxygen atoms in total. The average molecular weight is 394 g/mol. The van der Waals surface area contributed by atoms with Crippen LogP contribution in [0.2, 0.25) is 0 Å². The maximum Gasteiger partial charge on any atom is 0.162 e. The first-order valence-corrected chi connectivity index (χ1v) is 9.56. The van der Waals surface area contributed by atoms with Crippen LogP contribution >= 0.6 is 11.3 Å². The van der Waals surface area contributed by atoms with Crippen molar-refractivity contribution in [3.8, 4) is 0 Å². The molecule has 146 valence electrons. The first-order chi connectivity index (χ1) is 13.0. The van der Waals surface area contributed by atoms with Crippen LogP contribution in [-0.4, -0.2) is 86.6 Å². The van der Waals surface area contributed by atoms with Crippen molar-refractivity contribution in [2.24, 2.45) is 26.6 Å². The van der Waals surface area contributed by atoms with Gasteiger partial charge >= 0.3 is 0 Å². The number of nitrogens with two attached hydrogens (primary N) is 1. The average Bonchev–Trinajstić information content (AvgIpc) is 3.37. The van der Waals surface area contributed by atoms with Gasteiger partial charge in [-0.3, -0.25) is 4.99 Å². The maximum absolute atomic E-state index is 10.3. The van der Waals surface area contributed by atoms with Gasteiger partial charge in [0.05, 0.1) is 11.6 Å². The van der Waals surface area contributed by atoms with Crippen LogP contribution in [0.1, 0.15) is 11.9 Å². The fraction of sp³-hybridized carbons (Fsp3) is 0.625. The minimum Gasteiger partial charge on any atom is -0.394 e. The molecule has 4 heterocycles. The van der Waals surface area contributed by atoms with Crippen molar-refractivity contribution in [1.29, 1.82) is 0 Å². The smallest absolute Gasteiger partial charge is 0.162 e. The predicted molar refractivity (Wildman–Crippen MR) is 99.7 cm³/mol. The van der Waals surface area contributed by atoms with Gasteiger partial charge in [0.2, 0.25) is 0 Å². The van der Waals surface area contributed by atoms with E-state index < -0.39 is 36.8 Å². The van der Waals surface area contributed by atoms with Gasteiger partial charge in [-0.25, -0.2) is 15.0 Å². The number of aromatic nitrogens is 1. The zero-order valence-corrected chi connectivity index (χ0v) is 15.5. The van der Waals surface area contributed by atoms with Gasteiger partial charge in [-0.05, 0) is 0 Å². The Labute approximate surface area is 159 Å². The van der Waals surface area contributed by atoms with Gasteiger partial charge in [0.15, 0.2) is 17.7 Å². The summed E-state index contributed by atoms with van der Waals surface area (Å²) >= 11 is 1.56. The largest absolute Gasteiger partial charge is 0.394 e. The number of hydrogen-bond donors (Lipinski definition) is 4.